The van der Waals surface area contributed by atoms with E-state index in [-0.39, 0.29) is 11.5 Å². The van der Waals surface area contributed by atoms with Crippen molar-refractivity contribution in [1.82, 2.24) is 30.2 Å². The Bertz CT molecular complexity index is 972. The first-order valence-corrected chi connectivity index (χ1v) is 8.02. The molecule has 0 unspecified atom stereocenters. The van der Waals surface area contributed by atoms with Gasteiger partial charge in [-0.2, -0.15) is 5.10 Å². The zero-order valence-corrected chi connectivity index (χ0v) is 13.7. The molecule has 0 radical (unpaired) electrons. The first kappa shape index (κ1) is 16.2. The fraction of sp³-hybridized carbons (Fsp3) is 0.250. The number of H-pyrrole nitrogens is 1. The lowest BCUT2D eigenvalue weighted by molar-refractivity contribution is 0.0126. The predicted molar refractivity (Wildman–Crippen MR) is 90.0 cm³/mol. The number of aromatic nitrogens is 4. The number of carboxylic acid groups (broad SMARTS) is 1. The third-order valence-corrected chi connectivity index (χ3v) is 4.05. The fourth-order valence-corrected chi connectivity index (χ4v) is 2.68. The van der Waals surface area contributed by atoms with Crippen LogP contribution in [0, 0.1) is 0 Å². The SMILES string of the molecule is O=C(O)c1cnn(-c2nc3ccc(C(=O)NN4CCOCC4)cc3[nH]2)c1. The lowest BCUT2D eigenvalue weighted by atomic mass is 10.2. The van der Waals surface area contributed by atoms with Crippen molar-refractivity contribution in [2.45, 2.75) is 0 Å². The highest BCUT2D eigenvalue weighted by molar-refractivity contribution is 5.97. The third-order valence-electron chi connectivity index (χ3n) is 4.05. The number of hydrogen-bond donors (Lipinski definition) is 3. The van der Waals surface area contributed by atoms with Gasteiger partial charge in [-0.15, -0.1) is 0 Å². The topological polar surface area (TPSA) is 125 Å². The second-order valence-electron chi connectivity index (χ2n) is 5.81. The van der Waals surface area contributed by atoms with Gasteiger partial charge in [-0.05, 0) is 18.2 Å². The van der Waals surface area contributed by atoms with Gasteiger partial charge in [0.1, 0.15) is 0 Å². The average molecular weight is 356 g/mol. The van der Waals surface area contributed by atoms with E-state index in [0.717, 1.165) is 0 Å². The van der Waals surface area contributed by atoms with Crippen LogP contribution in [0.25, 0.3) is 17.0 Å². The van der Waals surface area contributed by atoms with Crippen LogP contribution in [0.3, 0.4) is 0 Å². The molecule has 134 valence electrons. The molecule has 3 aromatic rings. The molecule has 0 atom stereocenters. The standard InChI is InChI=1S/C16H16N6O4/c23-14(20-21-3-5-26-6-4-21)10-1-2-12-13(7-10)19-16(18-12)22-9-11(8-17-22)15(24)25/h1-2,7-9H,3-6H2,(H,18,19)(H,20,23)(H,24,25). The number of fused-ring (bicyclic) bond motifs is 1. The van der Waals surface area contributed by atoms with Crippen molar-refractivity contribution in [3.63, 3.8) is 0 Å². The number of aromatic amines is 1. The molecule has 1 amide bonds. The third kappa shape index (κ3) is 3.15. The maximum atomic E-state index is 12.4. The van der Waals surface area contributed by atoms with E-state index in [0.29, 0.717) is 48.8 Å². The number of carboxylic acids is 1. The van der Waals surface area contributed by atoms with Crippen molar-refractivity contribution >= 4 is 22.9 Å². The summed E-state index contributed by atoms with van der Waals surface area (Å²) in [5.41, 5.74) is 4.71. The van der Waals surface area contributed by atoms with E-state index in [1.54, 1.807) is 18.2 Å². The van der Waals surface area contributed by atoms with Crippen molar-refractivity contribution in [2.75, 3.05) is 26.3 Å². The molecule has 0 saturated carbocycles. The highest BCUT2D eigenvalue weighted by atomic mass is 16.5. The lowest BCUT2D eigenvalue weighted by Crippen LogP contribution is -2.48. The van der Waals surface area contributed by atoms with Crippen LogP contribution in [-0.4, -0.2) is 68.0 Å². The number of imidazole rings is 1. The number of nitrogens with zero attached hydrogens (tertiary/aromatic N) is 4. The molecule has 10 nitrogen and oxygen atoms in total. The first-order valence-electron chi connectivity index (χ1n) is 8.02. The largest absolute Gasteiger partial charge is 0.478 e. The van der Waals surface area contributed by atoms with Gasteiger partial charge in [0.2, 0.25) is 5.95 Å². The maximum absolute atomic E-state index is 12.4. The molecule has 3 heterocycles. The van der Waals surface area contributed by atoms with Gasteiger partial charge in [0.25, 0.3) is 5.91 Å². The number of hydrogen-bond acceptors (Lipinski definition) is 6. The van der Waals surface area contributed by atoms with E-state index in [4.69, 9.17) is 9.84 Å². The molecule has 1 aromatic carbocycles. The lowest BCUT2D eigenvalue weighted by Gasteiger charge is -2.26. The zero-order valence-electron chi connectivity index (χ0n) is 13.7. The normalized spacial score (nSPS) is 15.2. The molecule has 3 N–H and O–H groups in total. The fourth-order valence-electron chi connectivity index (χ4n) is 2.68. The van der Waals surface area contributed by atoms with Crippen LogP contribution < -0.4 is 5.43 Å². The van der Waals surface area contributed by atoms with Gasteiger partial charge in [0.15, 0.2) is 0 Å². The van der Waals surface area contributed by atoms with Gasteiger partial charge in [0.05, 0.1) is 36.0 Å². The number of ether oxygens (including phenoxy) is 1. The monoisotopic (exact) mass is 356 g/mol. The molecular weight excluding hydrogens is 340 g/mol. The van der Waals surface area contributed by atoms with Crippen molar-refractivity contribution in [1.29, 1.82) is 0 Å². The minimum atomic E-state index is -1.06. The number of carbonyl (C=O) groups is 2. The number of carbonyl (C=O) groups excluding carboxylic acids is 1. The van der Waals surface area contributed by atoms with E-state index < -0.39 is 5.97 Å². The molecule has 1 saturated heterocycles. The van der Waals surface area contributed by atoms with Crippen molar-refractivity contribution in [3.8, 4) is 5.95 Å². The second-order valence-corrected chi connectivity index (χ2v) is 5.81. The quantitative estimate of drug-likeness (QED) is 0.619. The minimum absolute atomic E-state index is 0.0658. The summed E-state index contributed by atoms with van der Waals surface area (Å²) in [6.07, 6.45) is 2.61. The molecule has 0 spiro atoms. The summed E-state index contributed by atoms with van der Waals surface area (Å²) >= 11 is 0. The first-order chi connectivity index (χ1) is 12.6. The Morgan fingerprint density at radius 3 is 2.77 bits per heavy atom. The van der Waals surface area contributed by atoms with Gasteiger partial charge in [-0.1, -0.05) is 0 Å². The van der Waals surface area contributed by atoms with Crippen LogP contribution in [0.5, 0.6) is 0 Å². The van der Waals surface area contributed by atoms with Crippen LogP contribution in [-0.2, 0) is 4.74 Å². The molecule has 0 bridgehead atoms. The summed E-state index contributed by atoms with van der Waals surface area (Å²) in [5.74, 6) is -0.898. The van der Waals surface area contributed by atoms with E-state index in [9.17, 15) is 9.59 Å². The Balaban J connectivity index is 1.56. The Morgan fingerprint density at radius 2 is 2.04 bits per heavy atom. The number of rotatable bonds is 4. The number of amides is 1. The van der Waals surface area contributed by atoms with Gasteiger partial charge >= 0.3 is 5.97 Å². The van der Waals surface area contributed by atoms with E-state index >= 15 is 0 Å². The van der Waals surface area contributed by atoms with Crippen molar-refractivity contribution in [3.05, 3.63) is 41.7 Å². The molecule has 1 aliphatic rings. The van der Waals surface area contributed by atoms with Crippen molar-refractivity contribution < 1.29 is 19.4 Å². The summed E-state index contributed by atoms with van der Waals surface area (Å²) in [5, 5.41) is 14.8. The molecule has 1 aliphatic heterocycles. The predicted octanol–water partition coefficient (Wildman–Crippen LogP) is 0.424. The van der Waals surface area contributed by atoms with Crippen LogP contribution >= 0.6 is 0 Å². The Morgan fingerprint density at radius 1 is 1.23 bits per heavy atom. The van der Waals surface area contributed by atoms with Gasteiger partial charge in [-0.25, -0.2) is 19.5 Å². The molecule has 4 rings (SSSR count). The van der Waals surface area contributed by atoms with Gasteiger partial charge < -0.3 is 14.8 Å². The Labute approximate surface area is 147 Å². The molecule has 0 aliphatic carbocycles. The van der Waals surface area contributed by atoms with Gasteiger partial charge in [0, 0.05) is 24.8 Å². The van der Waals surface area contributed by atoms with Crippen LogP contribution in [0.2, 0.25) is 0 Å². The summed E-state index contributed by atoms with van der Waals surface area (Å²) in [4.78, 5) is 30.8. The summed E-state index contributed by atoms with van der Waals surface area (Å²) in [6, 6.07) is 5.11. The van der Waals surface area contributed by atoms with E-state index in [1.165, 1.54) is 17.1 Å². The van der Waals surface area contributed by atoms with Gasteiger partial charge in [-0.3, -0.25) is 10.2 Å². The number of morpholine rings is 1. The zero-order chi connectivity index (χ0) is 18.1. The average Bonchev–Trinajstić information content (AvgIpc) is 3.28. The number of nitrogens with one attached hydrogen (secondary N) is 2. The summed E-state index contributed by atoms with van der Waals surface area (Å²) in [6.45, 7) is 2.47. The Kier molecular flexibility index (Phi) is 4.11. The summed E-state index contributed by atoms with van der Waals surface area (Å²) in [7, 11) is 0. The maximum Gasteiger partial charge on any atom is 0.338 e. The molecule has 10 heteroatoms. The Hall–Kier alpha value is -3.24. The molecule has 1 fully saturated rings. The summed E-state index contributed by atoms with van der Waals surface area (Å²) < 4.78 is 6.60. The minimum Gasteiger partial charge on any atom is -0.478 e. The van der Waals surface area contributed by atoms with E-state index in [1.807, 2.05) is 5.01 Å². The number of hydrazine groups is 1. The van der Waals surface area contributed by atoms with Crippen LogP contribution in [0.15, 0.2) is 30.6 Å². The van der Waals surface area contributed by atoms with Crippen LogP contribution in [0.1, 0.15) is 20.7 Å². The van der Waals surface area contributed by atoms with Crippen molar-refractivity contribution in [2.24, 2.45) is 0 Å². The number of aromatic carboxylic acids is 1. The smallest absolute Gasteiger partial charge is 0.338 e. The highest BCUT2D eigenvalue weighted by Crippen LogP contribution is 2.16. The second kappa shape index (κ2) is 6.58. The molecule has 26 heavy (non-hydrogen) atoms. The van der Waals surface area contributed by atoms with Crippen LogP contribution in [0.4, 0.5) is 0 Å². The molecule has 2 aromatic heterocycles. The number of benzene rings is 1. The highest BCUT2D eigenvalue weighted by Gasteiger charge is 2.16. The molecular formula is C16H16N6O4. The van der Waals surface area contributed by atoms with E-state index in [2.05, 4.69) is 20.5 Å².